The number of hydrogen-bond acceptors (Lipinski definition) is 5. The molecule has 1 heterocycles. The molecule has 0 spiro atoms. The van der Waals surface area contributed by atoms with Gasteiger partial charge in [0, 0.05) is 17.5 Å². The quantitative estimate of drug-likeness (QED) is 0.787. The predicted molar refractivity (Wildman–Crippen MR) is 88.4 cm³/mol. The van der Waals surface area contributed by atoms with Crippen LogP contribution in [-0.2, 0) is 6.42 Å². The molecule has 114 valence electrons. The van der Waals surface area contributed by atoms with E-state index in [4.69, 9.17) is 16.3 Å². The number of methoxy groups -OCH3 is 1. The van der Waals surface area contributed by atoms with E-state index in [2.05, 4.69) is 29.4 Å². The highest BCUT2D eigenvalue weighted by Gasteiger charge is 2.12. The molecule has 0 aliphatic carbocycles. The SMILES string of the molecule is COc1ccc(Cl)cc1-c1nnc(CCCNC(C)C)s1. The number of aryl methyl sites for hydroxylation is 1. The number of aromatic nitrogens is 2. The van der Waals surface area contributed by atoms with Gasteiger partial charge in [-0.1, -0.05) is 36.8 Å². The molecule has 0 fully saturated rings. The molecule has 0 saturated carbocycles. The first kappa shape index (κ1) is 16.2. The molecule has 0 amide bonds. The zero-order chi connectivity index (χ0) is 15.2. The Labute approximate surface area is 134 Å². The fraction of sp³-hybridized carbons (Fsp3) is 0.467. The fourth-order valence-electron chi connectivity index (χ4n) is 1.94. The number of nitrogens with one attached hydrogen (secondary N) is 1. The Hall–Kier alpha value is -1.17. The van der Waals surface area contributed by atoms with Crippen LogP contribution >= 0.6 is 22.9 Å². The zero-order valence-corrected chi connectivity index (χ0v) is 14.1. The number of halogens is 1. The standard InChI is InChI=1S/C15H20ClN3OS/c1-10(2)17-8-4-5-14-18-19-15(21-14)12-9-11(16)6-7-13(12)20-3/h6-7,9-10,17H,4-5,8H2,1-3H3. The van der Waals surface area contributed by atoms with Crippen LogP contribution in [0.4, 0.5) is 0 Å². The van der Waals surface area contributed by atoms with Crippen LogP contribution in [0.5, 0.6) is 5.75 Å². The van der Waals surface area contributed by atoms with Crippen molar-refractivity contribution in [2.45, 2.75) is 32.7 Å². The molecular weight excluding hydrogens is 306 g/mol. The topological polar surface area (TPSA) is 47.0 Å². The van der Waals surface area contributed by atoms with Crippen LogP contribution in [0.3, 0.4) is 0 Å². The average molecular weight is 326 g/mol. The number of ether oxygens (including phenoxy) is 1. The molecule has 0 aliphatic rings. The first-order valence-corrected chi connectivity index (χ1v) is 8.19. The summed E-state index contributed by atoms with van der Waals surface area (Å²) in [5, 5.41) is 14.5. The van der Waals surface area contributed by atoms with Gasteiger partial charge in [-0.25, -0.2) is 0 Å². The smallest absolute Gasteiger partial charge is 0.151 e. The summed E-state index contributed by atoms with van der Waals surface area (Å²) in [5.41, 5.74) is 0.897. The highest BCUT2D eigenvalue weighted by molar-refractivity contribution is 7.14. The maximum absolute atomic E-state index is 6.06. The van der Waals surface area contributed by atoms with Crippen molar-refractivity contribution in [1.82, 2.24) is 15.5 Å². The molecule has 0 bridgehead atoms. The molecule has 1 aromatic heterocycles. The molecule has 0 atom stereocenters. The van der Waals surface area contributed by atoms with Gasteiger partial charge in [-0.05, 0) is 31.2 Å². The van der Waals surface area contributed by atoms with Gasteiger partial charge in [-0.15, -0.1) is 10.2 Å². The van der Waals surface area contributed by atoms with Gasteiger partial charge < -0.3 is 10.1 Å². The Morgan fingerprint density at radius 1 is 1.33 bits per heavy atom. The lowest BCUT2D eigenvalue weighted by Crippen LogP contribution is -2.23. The third kappa shape index (κ3) is 4.66. The summed E-state index contributed by atoms with van der Waals surface area (Å²) in [6.07, 6.45) is 1.99. The second kappa shape index (κ2) is 7.73. The van der Waals surface area contributed by atoms with Crippen molar-refractivity contribution in [3.63, 3.8) is 0 Å². The van der Waals surface area contributed by atoms with Gasteiger partial charge in [0.15, 0.2) is 5.01 Å². The lowest BCUT2D eigenvalue weighted by molar-refractivity contribution is 0.416. The third-order valence-corrected chi connectivity index (χ3v) is 4.23. The van der Waals surface area contributed by atoms with Crippen LogP contribution in [0.2, 0.25) is 5.02 Å². The Morgan fingerprint density at radius 2 is 2.14 bits per heavy atom. The van der Waals surface area contributed by atoms with E-state index in [9.17, 15) is 0 Å². The van der Waals surface area contributed by atoms with Crippen molar-refractivity contribution in [2.24, 2.45) is 0 Å². The Kier molecular flexibility index (Phi) is 5.96. The maximum Gasteiger partial charge on any atom is 0.151 e. The van der Waals surface area contributed by atoms with E-state index in [1.807, 2.05) is 18.2 Å². The number of rotatable bonds is 7. The molecule has 1 aromatic carbocycles. The van der Waals surface area contributed by atoms with Crippen molar-refractivity contribution in [1.29, 1.82) is 0 Å². The van der Waals surface area contributed by atoms with Gasteiger partial charge in [0.05, 0.1) is 12.7 Å². The molecular formula is C15H20ClN3OS. The van der Waals surface area contributed by atoms with Crippen LogP contribution in [0.15, 0.2) is 18.2 Å². The minimum atomic E-state index is 0.519. The highest BCUT2D eigenvalue weighted by atomic mass is 35.5. The third-order valence-electron chi connectivity index (χ3n) is 2.98. The molecule has 0 aliphatic heterocycles. The van der Waals surface area contributed by atoms with E-state index < -0.39 is 0 Å². The van der Waals surface area contributed by atoms with Gasteiger partial charge in [-0.2, -0.15) is 0 Å². The van der Waals surface area contributed by atoms with Crippen LogP contribution in [0.25, 0.3) is 10.6 Å². The van der Waals surface area contributed by atoms with E-state index >= 15 is 0 Å². The summed E-state index contributed by atoms with van der Waals surface area (Å²) >= 11 is 7.65. The second-order valence-electron chi connectivity index (χ2n) is 5.06. The van der Waals surface area contributed by atoms with E-state index in [1.54, 1.807) is 18.4 Å². The molecule has 2 aromatic rings. The van der Waals surface area contributed by atoms with E-state index in [0.717, 1.165) is 40.7 Å². The molecule has 0 saturated heterocycles. The minimum absolute atomic E-state index is 0.519. The molecule has 0 unspecified atom stereocenters. The summed E-state index contributed by atoms with van der Waals surface area (Å²) in [6, 6.07) is 6.05. The lowest BCUT2D eigenvalue weighted by Gasteiger charge is -2.06. The first-order chi connectivity index (χ1) is 10.1. The normalized spacial score (nSPS) is 11.1. The van der Waals surface area contributed by atoms with Crippen LogP contribution < -0.4 is 10.1 Å². The fourth-order valence-corrected chi connectivity index (χ4v) is 3.02. The van der Waals surface area contributed by atoms with Crippen LogP contribution in [-0.4, -0.2) is 29.9 Å². The lowest BCUT2D eigenvalue weighted by atomic mass is 10.2. The molecule has 4 nitrogen and oxygen atoms in total. The Bertz CT molecular complexity index is 586. The summed E-state index contributed by atoms with van der Waals surface area (Å²) in [5.74, 6) is 0.767. The van der Waals surface area contributed by atoms with Crippen LogP contribution in [0.1, 0.15) is 25.3 Å². The summed E-state index contributed by atoms with van der Waals surface area (Å²) in [6.45, 7) is 5.29. The molecule has 21 heavy (non-hydrogen) atoms. The highest BCUT2D eigenvalue weighted by Crippen LogP contribution is 2.34. The van der Waals surface area contributed by atoms with Crippen molar-refractivity contribution in [2.75, 3.05) is 13.7 Å². The van der Waals surface area contributed by atoms with Crippen molar-refractivity contribution < 1.29 is 4.74 Å². The van der Waals surface area contributed by atoms with Crippen LogP contribution in [0, 0.1) is 0 Å². The monoisotopic (exact) mass is 325 g/mol. The number of benzene rings is 1. The first-order valence-electron chi connectivity index (χ1n) is 7.00. The summed E-state index contributed by atoms with van der Waals surface area (Å²) < 4.78 is 5.36. The minimum Gasteiger partial charge on any atom is -0.496 e. The van der Waals surface area contributed by atoms with Crippen molar-refractivity contribution in [3.8, 4) is 16.3 Å². The Balaban J connectivity index is 2.04. The maximum atomic E-state index is 6.06. The van der Waals surface area contributed by atoms with E-state index in [-0.39, 0.29) is 0 Å². The van der Waals surface area contributed by atoms with Gasteiger partial charge >= 0.3 is 0 Å². The average Bonchev–Trinajstić information content (AvgIpc) is 2.92. The zero-order valence-electron chi connectivity index (χ0n) is 12.5. The molecule has 0 radical (unpaired) electrons. The van der Waals surface area contributed by atoms with Gasteiger partial charge in [0.2, 0.25) is 0 Å². The summed E-state index contributed by atoms with van der Waals surface area (Å²) in [7, 11) is 1.65. The van der Waals surface area contributed by atoms with Gasteiger partial charge in [-0.3, -0.25) is 0 Å². The second-order valence-corrected chi connectivity index (χ2v) is 6.56. The molecule has 2 rings (SSSR count). The predicted octanol–water partition coefficient (Wildman–Crippen LogP) is 3.80. The number of nitrogens with zero attached hydrogens (tertiary/aromatic N) is 2. The largest absolute Gasteiger partial charge is 0.496 e. The Morgan fingerprint density at radius 3 is 2.86 bits per heavy atom. The van der Waals surface area contributed by atoms with Crippen molar-refractivity contribution >= 4 is 22.9 Å². The van der Waals surface area contributed by atoms with E-state index in [1.165, 1.54) is 0 Å². The summed E-state index contributed by atoms with van der Waals surface area (Å²) in [4.78, 5) is 0. The molecule has 1 N–H and O–H groups in total. The van der Waals surface area contributed by atoms with Gasteiger partial charge in [0.25, 0.3) is 0 Å². The van der Waals surface area contributed by atoms with Crippen molar-refractivity contribution in [3.05, 3.63) is 28.2 Å². The molecule has 6 heteroatoms. The van der Waals surface area contributed by atoms with E-state index in [0.29, 0.717) is 11.1 Å². The van der Waals surface area contributed by atoms with Gasteiger partial charge in [0.1, 0.15) is 10.8 Å². The number of hydrogen-bond donors (Lipinski definition) is 1.